The first-order chi connectivity index (χ1) is 9.56. The lowest BCUT2D eigenvalue weighted by atomic mass is 10.0. The molecule has 0 fully saturated rings. The number of benzene rings is 1. The van der Waals surface area contributed by atoms with Gasteiger partial charge in [-0.05, 0) is 40.2 Å². The quantitative estimate of drug-likeness (QED) is 0.758. The van der Waals surface area contributed by atoms with Crippen LogP contribution in [0, 0.1) is 11.6 Å². The Morgan fingerprint density at radius 3 is 2.60 bits per heavy atom. The summed E-state index contributed by atoms with van der Waals surface area (Å²) in [6.45, 7) is 0. The second-order valence-electron chi connectivity index (χ2n) is 4.00. The summed E-state index contributed by atoms with van der Waals surface area (Å²) in [5.74, 6) is -1.15. The van der Waals surface area contributed by atoms with Crippen molar-refractivity contribution in [3.05, 3.63) is 46.6 Å². The summed E-state index contributed by atoms with van der Waals surface area (Å²) < 4.78 is 37.6. The summed E-state index contributed by atoms with van der Waals surface area (Å²) in [6, 6.07) is 6.46. The molecule has 2 heterocycles. The molecule has 0 spiro atoms. The number of rotatable bonds is 2. The van der Waals surface area contributed by atoms with E-state index in [0.29, 0.717) is 10.4 Å². The molecule has 20 heavy (non-hydrogen) atoms. The van der Waals surface area contributed by atoms with Crippen LogP contribution in [0.25, 0.3) is 22.6 Å². The highest BCUT2D eigenvalue weighted by Gasteiger charge is 2.22. The fourth-order valence-corrected chi connectivity index (χ4v) is 2.17. The molecule has 2 aromatic heterocycles. The predicted molar refractivity (Wildman–Crippen MR) is 71.7 cm³/mol. The van der Waals surface area contributed by atoms with E-state index >= 15 is 0 Å². The number of nitrogens with two attached hydrogens (primary N) is 1. The molecule has 3 rings (SSSR count). The van der Waals surface area contributed by atoms with Crippen LogP contribution in [0.3, 0.4) is 0 Å². The van der Waals surface area contributed by atoms with Crippen molar-refractivity contribution < 1.29 is 17.7 Å². The maximum absolute atomic E-state index is 13.9. The van der Waals surface area contributed by atoms with E-state index in [-0.39, 0.29) is 22.7 Å². The van der Waals surface area contributed by atoms with Gasteiger partial charge >= 0.3 is 0 Å². The molecule has 2 N–H and O–H groups in total. The molecule has 0 saturated carbocycles. The van der Waals surface area contributed by atoms with Gasteiger partial charge in [0.15, 0.2) is 16.1 Å². The minimum atomic E-state index is -0.758. The van der Waals surface area contributed by atoms with Gasteiger partial charge in [0.2, 0.25) is 5.88 Å². The largest absolute Gasteiger partial charge is 0.448 e. The number of nitrogens with zero attached hydrogens (tertiary/aromatic N) is 1. The standard InChI is InChI=1S/C13H7BrF2N2O2/c14-10-4-3-9(19-10)12-11(13(17)20-18-12)7-2-1-6(15)5-8(7)16/h1-5H,17H2. The molecular weight excluding hydrogens is 334 g/mol. The van der Waals surface area contributed by atoms with Gasteiger partial charge in [-0.1, -0.05) is 5.16 Å². The molecule has 0 unspecified atom stereocenters. The molecule has 0 aliphatic carbocycles. The van der Waals surface area contributed by atoms with Crippen LogP contribution >= 0.6 is 15.9 Å². The summed E-state index contributed by atoms with van der Waals surface area (Å²) in [5.41, 5.74) is 6.25. The molecule has 3 aromatic rings. The van der Waals surface area contributed by atoms with E-state index in [2.05, 4.69) is 21.1 Å². The average Bonchev–Trinajstić information content (AvgIpc) is 2.96. The molecule has 0 atom stereocenters. The number of hydrogen-bond acceptors (Lipinski definition) is 4. The second kappa shape index (κ2) is 4.75. The summed E-state index contributed by atoms with van der Waals surface area (Å²) in [7, 11) is 0. The van der Waals surface area contributed by atoms with Gasteiger partial charge in [-0.25, -0.2) is 8.78 Å². The highest BCUT2D eigenvalue weighted by atomic mass is 79.9. The minimum Gasteiger partial charge on any atom is -0.448 e. The summed E-state index contributed by atoms with van der Waals surface area (Å²) in [4.78, 5) is 0. The van der Waals surface area contributed by atoms with Crippen molar-refractivity contribution in [2.45, 2.75) is 0 Å². The van der Waals surface area contributed by atoms with Gasteiger partial charge in [-0.2, -0.15) is 0 Å². The summed E-state index contributed by atoms with van der Waals surface area (Å²) >= 11 is 3.16. The smallest absolute Gasteiger partial charge is 0.230 e. The second-order valence-corrected chi connectivity index (χ2v) is 4.78. The number of anilines is 1. The molecule has 0 amide bonds. The topological polar surface area (TPSA) is 65.2 Å². The molecule has 7 heteroatoms. The van der Waals surface area contributed by atoms with E-state index in [1.54, 1.807) is 12.1 Å². The van der Waals surface area contributed by atoms with Crippen LogP contribution in [0.2, 0.25) is 0 Å². The van der Waals surface area contributed by atoms with Crippen LogP contribution < -0.4 is 5.73 Å². The SMILES string of the molecule is Nc1onc(-c2ccc(Br)o2)c1-c1ccc(F)cc1F. The Morgan fingerprint density at radius 1 is 1.15 bits per heavy atom. The Morgan fingerprint density at radius 2 is 1.95 bits per heavy atom. The van der Waals surface area contributed by atoms with Gasteiger partial charge in [0.05, 0.1) is 5.56 Å². The Kier molecular flexibility index (Phi) is 3.06. The van der Waals surface area contributed by atoms with Crippen LogP contribution in [0.15, 0.2) is 43.9 Å². The van der Waals surface area contributed by atoms with Crippen LogP contribution in [0.4, 0.5) is 14.7 Å². The third-order valence-corrected chi connectivity index (χ3v) is 3.15. The number of hydrogen-bond donors (Lipinski definition) is 1. The fraction of sp³-hybridized carbons (Fsp3) is 0. The van der Waals surface area contributed by atoms with Crippen molar-refractivity contribution in [1.29, 1.82) is 0 Å². The molecule has 102 valence electrons. The lowest BCUT2D eigenvalue weighted by molar-refractivity contribution is 0.435. The zero-order chi connectivity index (χ0) is 14.3. The van der Waals surface area contributed by atoms with Crippen LogP contribution in [-0.2, 0) is 0 Å². The molecule has 0 bridgehead atoms. The van der Waals surface area contributed by atoms with Crippen molar-refractivity contribution in [2.24, 2.45) is 0 Å². The summed E-state index contributed by atoms with van der Waals surface area (Å²) in [5, 5.41) is 3.76. The van der Waals surface area contributed by atoms with E-state index in [0.717, 1.165) is 12.1 Å². The number of halogens is 3. The van der Waals surface area contributed by atoms with Crippen LogP contribution in [0.5, 0.6) is 0 Å². The predicted octanol–water partition coefficient (Wildman–Crippen LogP) is 4.22. The van der Waals surface area contributed by atoms with Gasteiger partial charge in [0.1, 0.15) is 11.6 Å². The van der Waals surface area contributed by atoms with Crippen LogP contribution in [0.1, 0.15) is 0 Å². The van der Waals surface area contributed by atoms with E-state index in [4.69, 9.17) is 14.7 Å². The van der Waals surface area contributed by atoms with Gasteiger partial charge in [0, 0.05) is 11.6 Å². The number of nitrogen functional groups attached to an aromatic ring is 1. The first kappa shape index (κ1) is 12.9. The van der Waals surface area contributed by atoms with E-state index in [9.17, 15) is 8.78 Å². The Bertz CT molecular complexity index is 783. The van der Waals surface area contributed by atoms with Gasteiger partial charge < -0.3 is 14.7 Å². The molecule has 0 saturated heterocycles. The molecule has 1 aromatic carbocycles. The maximum atomic E-state index is 13.9. The van der Waals surface area contributed by atoms with Crippen molar-refractivity contribution >= 4 is 21.8 Å². The third kappa shape index (κ3) is 2.09. The molecule has 4 nitrogen and oxygen atoms in total. The highest BCUT2D eigenvalue weighted by molar-refractivity contribution is 9.10. The zero-order valence-electron chi connectivity index (χ0n) is 9.86. The first-order valence-corrected chi connectivity index (χ1v) is 6.32. The van der Waals surface area contributed by atoms with E-state index < -0.39 is 11.6 Å². The van der Waals surface area contributed by atoms with E-state index in [1.807, 2.05) is 0 Å². The Balaban J connectivity index is 2.21. The monoisotopic (exact) mass is 340 g/mol. The van der Waals surface area contributed by atoms with Crippen molar-refractivity contribution in [3.8, 4) is 22.6 Å². The number of furan rings is 1. The average molecular weight is 341 g/mol. The minimum absolute atomic E-state index is 0.0713. The van der Waals surface area contributed by atoms with E-state index in [1.165, 1.54) is 6.07 Å². The third-order valence-electron chi connectivity index (χ3n) is 2.73. The maximum Gasteiger partial charge on any atom is 0.230 e. The Hall–Kier alpha value is -2.15. The van der Waals surface area contributed by atoms with Crippen molar-refractivity contribution in [1.82, 2.24) is 5.16 Å². The Labute approximate surface area is 120 Å². The van der Waals surface area contributed by atoms with Crippen molar-refractivity contribution in [3.63, 3.8) is 0 Å². The molecule has 0 aliphatic heterocycles. The lowest BCUT2D eigenvalue weighted by Gasteiger charge is -2.02. The molecule has 0 aliphatic rings. The zero-order valence-corrected chi connectivity index (χ0v) is 11.4. The van der Waals surface area contributed by atoms with Gasteiger partial charge in [0.25, 0.3) is 0 Å². The lowest BCUT2D eigenvalue weighted by Crippen LogP contribution is -1.91. The summed E-state index contributed by atoms with van der Waals surface area (Å²) in [6.07, 6.45) is 0. The van der Waals surface area contributed by atoms with Crippen LogP contribution in [-0.4, -0.2) is 5.16 Å². The number of aromatic nitrogens is 1. The molecular formula is C13H7BrF2N2O2. The fourth-order valence-electron chi connectivity index (χ4n) is 1.87. The normalized spacial score (nSPS) is 10.9. The highest BCUT2D eigenvalue weighted by Crippen LogP contribution is 2.38. The van der Waals surface area contributed by atoms with Gasteiger partial charge in [-0.15, -0.1) is 0 Å². The van der Waals surface area contributed by atoms with Gasteiger partial charge in [-0.3, -0.25) is 0 Å². The molecule has 0 radical (unpaired) electrons. The first-order valence-electron chi connectivity index (χ1n) is 5.52. The van der Waals surface area contributed by atoms with Crippen molar-refractivity contribution in [2.75, 3.05) is 5.73 Å².